The Kier molecular flexibility index (Phi) is 11.3. The monoisotopic (exact) mass is 434 g/mol. The molecule has 1 atom stereocenters. The van der Waals surface area contributed by atoms with Gasteiger partial charge in [0.25, 0.3) is 0 Å². The molecule has 0 radical (unpaired) electrons. The first kappa shape index (κ1) is 23.9. The first-order valence-electron chi connectivity index (χ1n) is 11.3. The summed E-state index contributed by atoms with van der Waals surface area (Å²) in [4.78, 5) is 0. The van der Waals surface area contributed by atoms with Crippen LogP contribution in [0.1, 0.15) is 82.8 Å². The number of benzene rings is 1. The second kappa shape index (κ2) is 13.8. The molecule has 0 heterocycles. The molecule has 4 N–H and O–H groups in total. The molecule has 1 aromatic rings. The minimum Gasteiger partial charge on any atom is -0.360 e. The van der Waals surface area contributed by atoms with Crippen molar-refractivity contribution < 1.29 is 0 Å². The third kappa shape index (κ3) is 9.77. The van der Waals surface area contributed by atoms with Crippen LogP contribution in [0.3, 0.4) is 0 Å². The van der Waals surface area contributed by atoms with Gasteiger partial charge in [0.1, 0.15) is 0 Å². The Bertz CT molecular complexity index is 629. The van der Waals surface area contributed by atoms with Gasteiger partial charge in [-0.15, -0.1) is 0 Å². The Morgan fingerprint density at radius 2 is 1.66 bits per heavy atom. The lowest BCUT2D eigenvalue weighted by Gasteiger charge is -2.24. The molecular formula is C23H38N4S2. The highest BCUT2D eigenvalue weighted by molar-refractivity contribution is 7.80. The third-order valence-electron chi connectivity index (χ3n) is 5.57. The van der Waals surface area contributed by atoms with Crippen molar-refractivity contribution in [1.29, 1.82) is 0 Å². The van der Waals surface area contributed by atoms with Gasteiger partial charge >= 0.3 is 0 Å². The number of hydrogen-bond donors (Lipinski definition) is 4. The van der Waals surface area contributed by atoms with Gasteiger partial charge in [-0.05, 0) is 61.2 Å². The molecule has 4 nitrogen and oxygen atoms in total. The topological polar surface area (TPSA) is 48.1 Å². The van der Waals surface area contributed by atoms with Crippen molar-refractivity contribution in [2.24, 2.45) is 0 Å². The summed E-state index contributed by atoms with van der Waals surface area (Å²) in [6, 6.07) is 9.57. The van der Waals surface area contributed by atoms with E-state index in [0.717, 1.165) is 29.7 Å². The lowest BCUT2D eigenvalue weighted by molar-refractivity contribution is 0.412. The van der Waals surface area contributed by atoms with Crippen LogP contribution in [0.4, 0.5) is 0 Å². The Hall–Kier alpha value is -1.40. The van der Waals surface area contributed by atoms with Crippen LogP contribution in [0.5, 0.6) is 0 Å². The molecule has 0 saturated heterocycles. The molecular weight excluding hydrogens is 396 g/mol. The fraction of sp³-hybridized carbons (Fsp3) is 0.652. The van der Waals surface area contributed by atoms with E-state index in [1.807, 2.05) is 0 Å². The van der Waals surface area contributed by atoms with Gasteiger partial charge in [0.2, 0.25) is 0 Å². The molecule has 1 aliphatic rings. The molecule has 6 heteroatoms. The average molecular weight is 435 g/mol. The van der Waals surface area contributed by atoms with Crippen molar-refractivity contribution in [3.8, 4) is 0 Å². The maximum Gasteiger partial charge on any atom is 0.166 e. The quantitative estimate of drug-likeness (QED) is 0.392. The Balaban J connectivity index is 1.72. The predicted octanol–water partition coefficient (Wildman–Crippen LogP) is 4.92. The second-order valence-electron chi connectivity index (χ2n) is 8.06. The van der Waals surface area contributed by atoms with Crippen molar-refractivity contribution in [2.45, 2.75) is 96.8 Å². The number of unbranched alkanes of at least 4 members (excludes halogenated alkanes) is 1. The smallest absolute Gasteiger partial charge is 0.166 e. The van der Waals surface area contributed by atoms with Crippen LogP contribution in [-0.2, 0) is 13.1 Å². The first-order chi connectivity index (χ1) is 14.1. The number of thiocarbonyl (C=S) groups is 2. The van der Waals surface area contributed by atoms with Crippen LogP contribution in [0.25, 0.3) is 0 Å². The van der Waals surface area contributed by atoms with Gasteiger partial charge < -0.3 is 21.3 Å². The standard InChI is InChI=1S/C23H38N4S2/c1-3-5-12-20(4-2)26-22(28)24-16-18-10-9-11-19(15-18)17-25-23(29)27-21-13-7-6-8-14-21/h9-11,15,20-21H,3-8,12-14,16-17H2,1-2H3,(H2,24,26,28)(H2,25,27,29)/t20-/m0/s1. The third-order valence-corrected chi connectivity index (χ3v) is 6.10. The molecule has 1 fully saturated rings. The molecule has 1 saturated carbocycles. The Morgan fingerprint density at radius 1 is 1.00 bits per heavy atom. The molecule has 2 rings (SSSR count). The minimum absolute atomic E-state index is 0.461. The van der Waals surface area contributed by atoms with Gasteiger partial charge in [0, 0.05) is 25.2 Å². The maximum atomic E-state index is 5.48. The van der Waals surface area contributed by atoms with Crippen LogP contribution in [0.15, 0.2) is 24.3 Å². The first-order valence-corrected chi connectivity index (χ1v) is 12.1. The van der Waals surface area contributed by atoms with E-state index in [-0.39, 0.29) is 0 Å². The molecule has 0 spiro atoms. The van der Waals surface area contributed by atoms with Crippen LogP contribution in [-0.4, -0.2) is 22.3 Å². The molecule has 162 valence electrons. The van der Waals surface area contributed by atoms with Gasteiger partial charge in [0.05, 0.1) is 0 Å². The minimum atomic E-state index is 0.461. The van der Waals surface area contributed by atoms with E-state index in [4.69, 9.17) is 24.4 Å². The molecule has 1 aromatic carbocycles. The molecule has 0 amide bonds. The van der Waals surface area contributed by atoms with Crippen LogP contribution < -0.4 is 21.3 Å². The zero-order valence-corrected chi connectivity index (χ0v) is 19.7. The van der Waals surface area contributed by atoms with Gasteiger partial charge in [-0.25, -0.2) is 0 Å². The summed E-state index contributed by atoms with van der Waals surface area (Å²) in [5.74, 6) is 0. The van der Waals surface area contributed by atoms with E-state index in [1.165, 1.54) is 62.5 Å². The summed E-state index contributed by atoms with van der Waals surface area (Å²) < 4.78 is 0. The highest BCUT2D eigenvalue weighted by Crippen LogP contribution is 2.17. The van der Waals surface area contributed by atoms with Crippen LogP contribution >= 0.6 is 24.4 Å². The second-order valence-corrected chi connectivity index (χ2v) is 8.87. The highest BCUT2D eigenvalue weighted by Gasteiger charge is 2.13. The molecule has 0 aliphatic heterocycles. The zero-order valence-electron chi connectivity index (χ0n) is 18.1. The molecule has 0 bridgehead atoms. The van der Waals surface area contributed by atoms with E-state index < -0.39 is 0 Å². The van der Waals surface area contributed by atoms with E-state index in [0.29, 0.717) is 12.1 Å². The van der Waals surface area contributed by atoms with Crippen molar-refractivity contribution in [1.82, 2.24) is 21.3 Å². The Labute approximate surface area is 188 Å². The highest BCUT2D eigenvalue weighted by atomic mass is 32.1. The molecule has 1 aliphatic carbocycles. The largest absolute Gasteiger partial charge is 0.360 e. The molecule has 29 heavy (non-hydrogen) atoms. The summed E-state index contributed by atoms with van der Waals surface area (Å²) >= 11 is 11.0. The number of nitrogens with one attached hydrogen (secondary N) is 4. The number of rotatable bonds is 10. The fourth-order valence-electron chi connectivity index (χ4n) is 3.76. The Morgan fingerprint density at radius 3 is 2.28 bits per heavy atom. The normalized spacial score (nSPS) is 15.4. The average Bonchev–Trinajstić information content (AvgIpc) is 2.74. The van der Waals surface area contributed by atoms with E-state index in [1.54, 1.807) is 0 Å². The predicted molar refractivity (Wildman–Crippen MR) is 132 cm³/mol. The summed E-state index contributed by atoms with van der Waals surface area (Å²) in [5.41, 5.74) is 2.45. The molecule has 0 aromatic heterocycles. The fourth-order valence-corrected chi connectivity index (χ4v) is 4.24. The SMILES string of the molecule is CCCC[C@H](CC)NC(=S)NCc1cccc(CNC(=S)NC2CCCCC2)c1. The van der Waals surface area contributed by atoms with E-state index >= 15 is 0 Å². The van der Waals surface area contributed by atoms with Gasteiger partial charge in [-0.2, -0.15) is 0 Å². The summed E-state index contributed by atoms with van der Waals surface area (Å²) in [6.07, 6.45) is 11.2. The van der Waals surface area contributed by atoms with Gasteiger partial charge in [0.15, 0.2) is 10.2 Å². The number of hydrogen-bond acceptors (Lipinski definition) is 2. The van der Waals surface area contributed by atoms with E-state index in [9.17, 15) is 0 Å². The van der Waals surface area contributed by atoms with Crippen molar-refractivity contribution in [2.75, 3.05) is 0 Å². The summed E-state index contributed by atoms with van der Waals surface area (Å²) in [6.45, 7) is 5.91. The summed E-state index contributed by atoms with van der Waals surface area (Å²) in [5, 5.41) is 15.1. The van der Waals surface area contributed by atoms with Gasteiger partial charge in [-0.1, -0.05) is 70.2 Å². The van der Waals surface area contributed by atoms with E-state index in [2.05, 4.69) is 59.4 Å². The lowest BCUT2D eigenvalue weighted by Crippen LogP contribution is -2.42. The maximum absolute atomic E-state index is 5.48. The van der Waals surface area contributed by atoms with Crippen LogP contribution in [0, 0.1) is 0 Å². The summed E-state index contributed by atoms with van der Waals surface area (Å²) in [7, 11) is 0. The lowest BCUT2D eigenvalue weighted by atomic mass is 9.96. The molecule has 0 unspecified atom stereocenters. The zero-order chi connectivity index (χ0) is 20.9. The van der Waals surface area contributed by atoms with Crippen molar-refractivity contribution in [3.63, 3.8) is 0 Å². The van der Waals surface area contributed by atoms with Crippen LogP contribution in [0.2, 0.25) is 0 Å². The van der Waals surface area contributed by atoms with Gasteiger partial charge in [-0.3, -0.25) is 0 Å². The van der Waals surface area contributed by atoms with Crippen molar-refractivity contribution in [3.05, 3.63) is 35.4 Å². The van der Waals surface area contributed by atoms with Crippen molar-refractivity contribution >= 4 is 34.7 Å².